The van der Waals surface area contributed by atoms with Crippen LogP contribution >= 0.6 is 22.6 Å². The third kappa shape index (κ3) is 11.9. The van der Waals surface area contributed by atoms with E-state index in [0.717, 1.165) is 16.4 Å². The SMILES string of the molecule is CCCCCCCCCCCCCCC(=O)Oc1ccc(I)cc1. The van der Waals surface area contributed by atoms with Gasteiger partial charge in [-0.15, -0.1) is 0 Å². The Balaban J connectivity index is 1.87. The molecule has 0 N–H and O–H groups in total. The summed E-state index contributed by atoms with van der Waals surface area (Å²) in [6, 6.07) is 7.60. The number of benzene rings is 1. The average Bonchev–Trinajstić information content (AvgIpc) is 2.58. The highest BCUT2D eigenvalue weighted by atomic mass is 127. The number of unbranched alkanes of at least 4 members (excludes halogenated alkanes) is 11. The monoisotopic (exact) mass is 444 g/mol. The van der Waals surface area contributed by atoms with E-state index in [9.17, 15) is 4.79 Å². The van der Waals surface area contributed by atoms with Gasteiger partial charge in [-0.3, -0.25) is 4.79 Å². The molecule has 1 aromatic rings. The lowest BCUT2D eigenvalue weighted by atomic mass is 10.0. The third-order valence-electron chi connectivity index (χ3n) is 4.28. The largest absolute Gasteiger partial charge is 0.427 e. The molecule has 3 heteroatoms. The van der Waals surface area contributed by atoms with Crippen LogP contribution in [0.5, 0.6) is 5.75 Å². The van der Waals surface area contributed by atoms with Crippen molar-refractivity contribution < 1.29 is 9.53 Å². The van der Waals surface area contributed by atoms with Crippen LogP contribution in [0.4, 0.5) is 0 Å². The molecule has 136 valence electrons. The predicted molar refractivity (Wildman–Crippen MR) is 110 cm³/mol. The van der Waals surface area contributed by atoms with Crippen LogP contribution in [0.1, 0.15) is 90.4 Å². The van der Waals surface area contributed by atoms with E-state index in [-0.39, 0.29) is 5.97 Å². The molecule has 1 rings (SSSR count). The van der Waals surface area contributed by atoms with E-state index < -0.39 is 0 Å². The molecule has 0 aliphatic rings. The van der Waals surface area contributed by atoms with Gasteiger partial charge in [-0.1, -0.05) is 77.6 Å². The van der Waals surface area contributed by atoms with Crippen LogP contribution in [0, 0.1) is 3.57 Å². The topological polar surface area (TPSA) is 26.3 Å². The third-order valence-corrected chi connectivity index (χ3v) is 5.00. The van der Waals surface area contributed by atoms with E-state index in [1.54, 1.807) is 0 Å². The van der Waals surface area contributed by atoms with Crippen molar-refractivity contribution in [3.05, 3.63) is 27.8 Å². The molecule has 1 aromatic carbocycles. The Kier molecular flexibility index (Phi) is 13.2. The maximum absolute atomic E-state index is 11.8. The molecule has 0 heterocycles. The Hall–Kier alpha value is -0.580. The van der Waals surface area contributed by atoms with Crippen LogP contribution in [0.2, 0.25) is 0 Å². The van der Waals surface area contributed by atoms with Gasteiger partial charge >= 0.3 is 5.97 Å². The fraction of sp³-hybridized carbons (Fsp3) is 0.667. The minimum Gasteiger partial charge on any atom is -0.427 e. The summed E-state index contributed by atoms with van der Waals surface area (Å²) < 4.78 is 6.47. The number of ether oxygens (including phenoxy) is 1. The second-order valence-electron chi connectivity index (χ2n) is 6.57. The summed E-state index contributed by atoms with van der Waals surface area (Å²) >= 11 is 2.24. The van der Waals surface area contributed by atoms with Gasteiger partial charge in [-0.25, -0.2) is 0 Å². The second kappa shape index (κ2) is 14.7. The lowest BCUT2D eigenvalue weighted by Gasteiger charge is -2.05. The number of rotatable bonds is 14. The number of carbonyl (C=O) groups excluding carboxylic acids is 1. The first-order valence-electron chi connectivity index (χ1n) is 9.68. The maximum atomic E-state index is 11.8. The Morgan fingerprint density at radius 1 is 0.792 bits per heavy atom. The summed E-state index contributed by atoms with van der Waals surface area (Å²) in [5.41, 5.74) is 0. The van der Waals surface area contributed by atoms with Gasteiger partial charge < -0.3 is 4.74 Å². The fourth-order valence-corrected chi connectivity index (χ4v) is 3.16. The molecule has 0 saturated carbocycles. The molecule has 2 nitrogen and oxygen atoms in total. The molecule has 0 bridgehead atoms. The first-order valence-corrected chi connectivity index (χ1v) is 10.8. The molecule has 0 radical (unpaired) electrons. The van der Waals surface area contributed by atoms with Crippen molar-refractivity contribution in [1.82, 2.24) is 0 Å². The summed E-state index contributed by atoms with van der Waals surface area (Å²) in [5, 5.41) is 0. The van der Waals surface area contributed by atoms with E-state index in [1.807, 2.05) is 24.3 Å². The number of carbonyl (C=O) groups is 1. The van der Waals surface area contributed by atoms with Crippen molar-refractivity contribution in [1.29, 1.82) is 0 Å². The highest BCUT2D eigenvalue weighted by Gasteiger charge is 2.04. The van der Waals surface area contributed by atoms with E-state index in [4.69, 9.17) is 4.74 Å². The van der Waals surface area contributed by atoms with Crippen LogP contribution in [0.15, 0.2) is 24.3 Å². The highest BCUT2D eigenvalue weighted by Crippen LogP contribution is 2.15. The van der Waals surface area contributed by atoms with Crippen molar-refractivity contribution in [3.63, 3.8) is 0 Å². The number of halogens is 1. The lowest BCUT2D eigenvalue weighted by molar-refractivity contribution is -0.134. The van der Waals surface area contributed by atoms with E-state index in [1.165, 1.54) is 64.2 Å². The van der Waals surface area contributed by atoms with Crippen LogP contribution in [-0.4, -0.2) is 5.97 Å². The molecular formula is C21H33IO2. The Labute approximate surface area is 161 Å². The van der Waals surface area contributed by atoms with Crippen molar-refractivity contribution in [3.8, 4) is 5.75 Å². The van der Waals surface area contributed by atoms with Gasteiger partial charge in [-0.2, -0.15) is 0 Å². The Morgan fingerprint density at radius 3 is 1.75 bits per heavy atom. The minimum absolute atomic E-state index is 0.108. The molecule has 0 aliphatic heterocycles. The van der Waals surface area contributed by atoms with Gasteiger partial charge in [0.1, 0.15) is 5.75 Å². The molecule has 0 saturated heterocycles. The summed E-state index contributed by atoms with van der Waals surface area (Å²) in [7, 11) is 0. The summed E-state index contributed by atoms with van der Waals surface area (Å²) in [5.74, 6) is 0.544. The van der Waals surface area contributed by atoms with Crippen LogP contribution < -0.4 is 4.74 Å². The van der Waals surface area contributed by atoms with Crippen molar-refractivity contribution >= 4 is 28.6 Å². The first kappa shape index (κ1) is 21.5. The maximum Gasteiger partial charge on any atom is 0.311 e. The smallest absolute Gasteiger partial charge is 0.311 e. The van der Waals surface area contributed by atoms with Gasteiger partial charge in [0.2, 0.25) is 0 Å². The van der Waals surface area contributed by atoms with Crippen LogP contribution in [0.3, 0.4) is 0 Å². The van der Waals surface area contributed by atoms with Gasteiger partial charge in [0, 0.05) is 9.99 Å². The molecule has 0 aliphatic carbocycles. The molecule has 0 unspecified atom stereocenters. The normalized spacial score (nSPS) is 10.8. The predicted octanol–water partition coefficient (Wildman–Crippen LogP) is 7.29. The van der Waals surface area contributed by atoms with Gasteiger partial charge in [0.15, 0.2) is 0 Å². The van der Waals surface area contributed by atoms with Crippen LogP contribution in [0.25, 0.3) is 0 Å². The number of hydrogen-bond donors (Lipinski definition) is 0. The molecule has 24 heavy (non-hydrogen) atoms. The number of hydrogen-bond acceptors (Lipinski definition) is 2. The van der Waals surface area contributed by atoms with Gasteiger partial charge in [0.05, 0.1) is 0 Å². The van der Waals surface area contributed by atoms with Gasteiger partial charge in [0.25, 0.3) is 0 Å². The highest BCUT2D eigenvalue weighted by molar-refractivity contribution is 14.1. The lowest BCUT2D eigenvalue weighted by Crippen LogP contribution is -2.07. The Bertz CT molecular complexity index is 428. The van der Waals surface area contributed by atoms with Gasteiger partial charge in [-0.05, 0) is 53.3 Å². The van der Waals surface area contributed by atoms with E-state index in [2.05, 4.69) is 29.5 Å². The first-order chi connectivity index (χ1) is 11.7. The van der Waals surface area contributed by atoms with Crippen molar-refractivity contribution in [2.24, 2.45) is 0 Å². The van der Waals surface area contributed by atoms with E-state index in [0.29, 0.717) is 12.2 Å². The zero-order chi connectivity index (χ0) is 17.5. The summed E-state index contributed by atoms with van der Waals surface area (Å²) in [4.78, 5) is 11.8. The molecule has 0 fully saturated rings. The molecule has 0 atom stereocenters. The molecule has 0 spiro atoms. The minimum atomic E-state index is -0.108. The Morgan fingerprint density at radius 2 is 1.25 bits per heavy atom. The van der Waals surface area contributed by atoms with E-state index >= 15 is 0 Å². The zero-order valence-electron chi connectivity index (χ0n) is 15.2. The zero-order valence-corrected chi connectivity index (χ0v) is 17.4. The summed E-state index contributed by atoms with van der Waals surface area (Å²) in [6.45, 7) is 2.27. The summed E-state index contributed by atoms with van der Waals surface area (Å²) in [6.07, 6.45) is 16.2. The second-order valence-corrected chi connectivity index (χ2v) is 7.81. The fourth-order valence-electron chi connectivity index (χ4n) is 2.80. The standard InChI is InChI=1S/C21H33IO2/c1-2-3-4-5-6-7-8-9-10-11-12-13-14-21(23)24-20-17-15-19(22)16-18-20/h15-18H,2-14H2,1H3. The van der Waals surface area contributed by atoms with Crippen molar-refractivity contribution in [2.45, 2.75) is 90.4 Å². The average molecular weight is 444 g/mol. The van der Waals surface area contributed by atoms with Crippen molar-refractivity contribution in [2.75, 3.05) is 0 Å². The quantitative estimate of drug-likeness (QED) is 0.130. The molecule has 0 aromatic heterocycles. The number of esters is 1. The van der Waals surface area contributed by atoms with Crippen LogP contribution in [-0.2, 0) is 4.79 Å². The molecular weight excluding hydrogens is 411 g/mol. The molecule has 0 amide bonds.